The minimum Gasteiger partial charge on any atom is -0.469 e. The number of nitrogens with one attached hydrogen (secondary N) is 2. The summed E-state index contributed by atoms with van der Waals surface area (Å²) in [4.78, 5) is 12.0. The molecule has 1 unspecified atom stereocenters. The summed E-state index contributed by atoms with van der Waals surface area (Å²) in [5, 5.41) is 2.46. The third-order valence-electron chi connectivity index (χ3n) is 3.12. The Balaban J connectivity index is 1.91. The molecule has 2 rings (SSSR count). The lowest BCUT2D eigenvalue weighted by Gasteiger charge is -2.11. The first-order valence-electron chi connectivity index (χ1n) is 6.79. The quantitative estimate of drug-likeness (QED) is 0.803. The summed E-state index contributed by atoms with van der Waals surface area (Å²) in [5.41, 5.74) is 0. The zero-order chi connectivity index (χ0) is 16.2. The average Bonchev–Trinajstić information content (AvgIpc) is 3.16. The van der Waals surface area contributed by atoms with Crippen LogP contribution < -0.4 is 10.0 Å². The van der Waals surface area contributed by atoms with E-state index in [0.717, 1.165) is 5.76 Å². The molecule has 0 aromatic carbocycles. The van der Waals surface area contributed by atoms with Crippen LogP contribution >= 0.6 is 0 Å². The normalized spacial score (nSPS) is 13.0. The molecule has 2 aromatic rings. The number of carbonyl (C=O) groups excluding carboxylic acids is 1. The van der Waals surface area contributed by atoms with E-state index in [-0.39, 0.29) is 16.9 Å². The predicted octanol–water partition coefficient (Wildman–Crippen LogP) is 1.53. The Labute approximate surface area is 128 Å². The first-order chi connectivity index (χ1) is 10.4. The van der Waals surface area contributed by atoms with Gasteiger partial charge in [-0.1, -0.05) is 0 Å². The van der Waals surface area contributed by atoms with E-state index in [1.54, 1.807) is 6.26 Å². The Morgan fingerprint density at radius 1 is 1.32 bits per heavy atom. The highest BCUT2D eigenvalue weighted by atomic mass is 32.2. The summed E-state index contributed by atoms with van der Waals surface area (Å²) in [6.45, 7) is 1.86. The molecule has 0 aliphatic rings. The minimum absolute atomic E-state index is 0.0429. The molecule has 0 fully saturated rings. The summed E-state index contributed by atoms with van der Waals surface area (Å²) in [7, 11) is -2.42. The van der Waals surface area contributed by atoms with Crippen molar-refractivity contribution in [3.05, 3.63) is 42.0 Å². The van der Waals surface area contributed by atoms with Gasteiger partial charge in [0.2, 0.25) is 5.09 Å². The number of amides is 1. The number of hydrogen-bond donors (Lipinski definition) is 2. The van der Waals surface area contributed by atoms with Crippen LogP contribution in [0, 0.1) is 0 Å². The van der Waals surface area contributed by atoms with Gasteiger partial charge in [-0.2, -0.15) is 0 Å². The van der Waals surface area contributed by atoms with Crippen molar-refractivity contribution in [2.24, 2.45) is 0 Å². The number of sulfonamides is 1. The molecule has 2 N–H and O–H groups in total. The number of hydrogen-bond acceptors (Lipinski definition) is 5. The zero-order valence-electron chi connectivity index (χ0n) is 12.3. The van der Waals surface area contributed by atoms with E-state index in [0.29, 0.717) is 12.8 Å². The Hall–Kier alpha value is -2.06. The maximum Gasteiger partial charge on any atom is 0.287 e. The zero-order valence-corrected chi connectivity index (χ0v) is 13.1. The van der Waals surface area contributed by atoms with Gasteiger partial charge in [0.1, 0.15) is 5.76 Å². The summed E-state index contributed by atoms with van der Waals surface area (Å²) in [5.74, 6) is 0.352. The Morgan fingerprint density at radius 3 is 2.73 bits per heavy atom. The van der Waals surface area contributed by atoms with E-state index < -0.39 is 15.9 Å². The third-order valence-corrected chi connectivity index (χ3v) is 4.41. The van der Waals surface area contributed by atoms with E-state index >= 15 is 0 Å². The van der Waals surface area contributed by atoms with Crippen LogP contribution in [0.2, 0.25) is 0 Å². The predicted molar refractivity (Wildman–Crippen MR) is 78.9 cm³/mol. The maximum atomic E-state index is 12.0. The highest BCUT2D eigenvalue weighted by Crippen LogP contribution is 2.14. The summed E-state index contributed by atoms with van der Waals surface area (Å²) in [6.07, 6.45) is 3.00. The molecule has 2 aromatic heterocycles. The molecule has 8 heteroatoms. The van der Waals surface area contributed by atoms with Gasteiger partial charge in [0, 0.05) is 12.5 Å². The monoisotopic (exact) mass is 326 g/mol. The van der Waals surface area contributed by atoms with Gasteiger partial charge < -0.3 is 14.2 Å². The molecule has 2 heterocycles. The SMILES string of the molecule is CNS(=O)(=O)c1ccc(C(=O)NC(C)CCc2ccco2)o1. The van der Waals surface area contributed by atoms with Crippen LogP contribution in [0.25, 0.3) is 0 Å². The minimum atomic E-state index is -3.69. The van der Waals surface area contributed by atoms with Crippen LogP contribution in [0.4, 0.5) is 0 Å². The van der Waals surface area contributed by atoms with Crippen LogP contribution in [-0.4, -0.2) is 27.4 Å². The third kappa shape index (κ3) is 3.99. The van der Waals surface area contributed by atoms with Crippen molar-refractivity contribution in [2.75, 3.05) is 7.05 Å². The van der Waals surface area contributed by atoms with Crippen molar-refractivity contribution in [3.63, 3.8) is 0 Å². The molecule has 1 atom stereocenters. The fourth-order valence-corrected chi connectivity index (χ4v) is 2.52. The molecular weight excluding hydrogens is 308 g/mol. The van der Waals surface area contributed by atoms with E-state index in [1.165, 1.54) is 19.2 Å². The van der Waals surface area contributed by atoms with Gasteiger partial charge in [-0.15, -0.1) is 0 Å². The molecule has 1 amide bonds. The molecule has 7 nitrogen and oxygen atoms in total. The maximum absolute atomic E-state index is 12.0. The molecule has 0 aliphatic carbocycles. The number of aryl methyl sites for hydroxylation is 1. The van der Waals surface area contributed by atoms with Crippen molar-refractivity contribution in [1.82, 2.24) is 10.0 Å². The fraction of sp³-hybridized carbons (Fsp3) is 0.357. The van der Waals surface area contributed by atoms with Gasteiger partial charge in [-0.25, -0.2) is 13.1 Å². The smallest absolute Gasteiger partial charge is 0.287 e. The Bertz CT molecular complexity index is 718. The molecule has 120 valence electrons. The average molecular weight is 326 g/mol. The Morgan fingerprint density at radius 2 is 2.09 bits per heavy atom. The van der Waals surface area contributed by atoms with Crippen LogP contribution in [0.1, 0.15) is 29.7 Å². The second kappa shape index (κ2) is 6.80. The second-order valence-electron chi connectivity index (χ2n) is 4.82. The lowest BCUT2D eigenvalue weighted by molar-refractivity contribution is 0.0904. The van der Waals surface area contributed by atoms with Crippen molar-refractivity contribution in [2.45, 2.75) is 30.9 Å². The van der Waals surface area contributed by atoms with Crippen LogP contribution in [0.3, 0.4) is 0 Å². The van der Waals surface area contributed by atoms with Crippen molar-refractivity contribution < 1.29 is 22.0 Å². The van der Waals surface area contributed by atoms with Crippen LogP contribution in [0.5, 0.6) is 0 Å². The van der Waals surface area contributed by atoms with E-state index in [4.69, 9.17) is 8.83 Å². The first-order valence-corrected chi connectivity index (χ1v) is 8.27. The van der Waals surface area contributed by atoms with Crippen LogP contribution in [0.15, 0.2) is 44.5 Å². The molecule has 0 saturated carbocycles. The van der Waals surface area contributed by atoms with Gasteiger partial charge in [0.25, 0.3) is 15.9 Å². The number of rotatable bonds is 7. The van der Waals surface area contributed by atoms with E-state index in [9.17, 15) is 13.2 Å². The highest BCUT2D eigenvalue weighted by molar-refractivity contribution is 7.89. The van der Waals surface area contributed by atoms with Gasteiger partial charge in [0.15, 0.2) is 5.76 Å². The first kappa shape index (κ1) is 16.3. The second-order valence-corrected chi connectivity index (χ2v) is 6.64. The lowest BCUT2D eigenvalue weighted by atomic mass is 10.1. The largest absolute Gasteiger partial charge is 0.469 e. The van der Waals surface area contributed by atoms with Gasteiger partial charge >= 0.3 is 0 Å². The lowest BCUT2D eigenvalue weighted by Crippen LogP contribution is -2.32. The molecule has 0 spiro atoms. The number of carbonyl (C=O) groups is 1. The molecule has 0 aliphatic heterocycles. The fourth-order valence-electron chi connectivity index (χ4n) is 1.87. The Kier molecular flexibility index (Phi) is 5.04. The highest BCUT2D eigenvalue weighted by Gasteiger charge is 2.20. The number of furan rings is 2. The summed E-state index contributed by atoms with van der Waals surface area (Å²) >= 11 is 0. The molecular formula is C14H18N2O5S. The van der Waals surface area contributed by atoms with E-state index in [2.05, 4.69) is 10.0 Å². The molecule has 22 heavy (non-hydrogen) atoms. The van der Waals surface area contributed by atoms with Crippen molar-refractivity contribution in [1.29, 1.82) is 0 Å². The van der Waals surface area contributed by atoms with E-state index in [1.807, 2.05) is 19.1 Å². The standard InChI is InChI=1S/C14H18N2O5S/c1-10(5-6-11-4-3-9-20-11)16-14(17)12-7-8-13(21-12)22(18,19)15-2/h3-4,7-10,15H,5-6H2,1-2H3,(H,16,17). The molecule has 0 bridgehead atoms. The van der Waals surface area contributed by atoms with Crippen molar-refractivity contribution in [3.8, 4) is 0 Å². The summed E-state index contributed by atoms with van der Waals surface area (Å²) < 4.78 is 35.5. The van der Waals surface area contributed by atoms with Crippen LogP contribution in [-0.2, 0) is 16.4 Å². The van der Waals surface area contributed by atoms with Gasteiger partial charge in [0.05, 0.1) is 6.26 Å². The topological polar surface area (TPSA) is 102 Å². The molecule has 0 saturated heterocycles. The van der Waals surface area contributed by atoms with Gasteiger partial charge in [-0.3, -0.25) is 4.79 Å². The molecule has 0 radical (unpaired) electrons. The summed E-state index contributed by atoms with van der Waals surface area (Å²) in [6, 6.07) is 6.15. The van der Waals surface area contributed by atoms with Crippen molar-refractivity contribution >= 4 is 15.9 Å². The van der Waals surface area contributed by atoms with Gasteiger partial charge in [-0.05, 0) is 44.7 Å².